The minimum atomic E-state index is -1.32. The molecule has 0 aliphatic carbocycles. The first-order valence-electron chi connectivity index (χ1n) is 4.93. The van der Waals surface area contributed by atoms with Crippen LogP contribution in [0.4, 0.5) is 0 Å². The molecule has 76 valence electrons. The molecule has 0 aliphatic rings. The van der Waals surface area contributed by atoms with Crippen molar-refractivity contribution in [2.75, 3.05) is 0 Å². The summed E-state index contributed by atoms with van der Waals surface area (Å²) in [5, 5.41) is 0. The summed E-state index contributed by atoms with van der Waals surface area (Å²) in [6.45, 7) is 6.69. The number of aromatic nitrogens is 3. The standard InChI is InChI=1S/C11H13N3Si/c1-15(2,3)5-4-9-6-12-7-10-11(9)14-8-13-10/h6-8H,1-3H3,(H,13,14)/p+1. The highest BCUT2D eigenvalue weighted by Gasteiger charge is 2.09. The molecule has 0 saturated carbocycles. The Kier molecular flexibility index (Phi) is 2.33. The van der Waals surface area contributed by atoms with Gasteiger partial charge in [-0.25, -0.2) is 9.97 Å². The van der Waals surface area contributed by atoms with Crippen LogP contribution >= 0.6 is 0 Å². The third kappa shape index (κ3) is 2.25. The molecule has 2 aromatic heterocycles. The Balaban J connectivity index is 2.51. The zero-order valence-corrected chi connectivity index (χ0v) is 10.2. The molecule has 0 spiro atoms. The molecule has 0 atom stereocenters. The molecule has 2 heterocycles. The van der Waals surface area contributed by atoms with Crippen molar-refractivity contribution in [3.05, 3.63) is 24.3 Å². The van der Waals surface area contributed by atoms with E-state index in [0.717, 1.165) is 16.6 Å². The molecule has 2 N–H and O–H groups in total. The Bertz CT molecular complexity index is 540. The fraction of sp³-hybridized carbons (Fsp3) is 0.273. The van der Waals surface area contributed by atoms with Gasteiger partial charge in [-0.05, 0) is 0 Å². The fourth-order valence-electron chi connectivity index (χ4n) is 1.26. The van der Waals surface area contributed by atoms with E-state index in [9.17, 15) is 0 Å². The maximum Gasteiger partial charge on any atom is 0.193 e. The van der Waals surface area contributed by atoms with E-state index in [0.29, 0.717) is 0 Å². The van der Waals surface area contributed by atoms with Crippen LogP contribution in [0.2, 0.25) is 19.6 Å². The molecule has 0 aromatic carbocycles. The van der Waals surface area contributed by atoms with Crippen LogP contribution in [0.3, 0.4) is 0 Å². The van der Waals surface area contributed by atoms with E-state index in [4.69, 9.17) is 0 Å². The predicted molar refractivity (Wildman–Crippen MR) is 62.9 cm³/mol. The molecular weight excluding hydrogens is 202 g/mol. The molecule has 0 amide bonds. The first kappa shape index (κ1) is 9.93. The Hall–Kier alpha value is -1.60. The maximum absolute atomic E-state index is 4.26. The molecule has 0 bridgehead atoms. The normalized spacial score (nSPS) is 11.1. The average molecular weight is 216 g/mol. The van der Waals surface area contributed by atoms with Gasteiger partial charge in [0.1, 0.15) is 24.7 Å². The van der Waals surface area contributed by atoms with Crippen molar-refractivity contribution in [2.45, 2.75) is 19.6 Å². The van der Waals surface area contributed by atoms with Gasteiger partial charge in [-0.2, -0.15) is 0 Å². The van der Waals surface area contributed by atoms with Crippen molar-refractivity contribution in [2.24, 2.45) is 0 Å². The second-order valence-corrected chi connectivity index (χ2v) is 9.28. The lowest BCUT2D eigenvalue weighted by Crippen LogP contribution is -2.16. The van der Waals surface area contributed by atoms with Gasteiger partial charge in [0, 0.05) is 0 Å². The van der Waals surface area contributed by atoms with E-state index in [1.807, 2.05) is 12.4 Å². The lowest BCUT2D eigenvalue weighted by molar-refractivity contribution is -0.376. The first-order chi connectivity index (χ1) is 7.06. The summed E-state index contributed by atoms with van der Waals surface area (Å²) >= 11 is 0. The summed E-state index contributed by atoms with van der Waals surface area (Å²) in [6.07, 6.45) is 5.48. The van der Waals surface area contributed by atoms with Crippen molar-refractivity contribution in [1.29, 1.82) is 0 Å². The monoisotopic (exact) mass is 216 g/mol. The zero-order valence-electron chi connectivity index (χ0n) is 9.18. The number of rotatable bonds is 0. The maximum atomic E-state index is 4.26. The summed E-state index contributed by atoms with van der Waals surface area (Å²) in [4.78, 5) is 10.4. The van der Waals surface area contributed by atoms with Crippen molar-refractivity contribution in [3.8, 4) is 11.5 Å². The number of nitrogens with zero attached hydrogens (tertiary/aromatic N) is 1. The van der Waals surface area contributed by atoms with Gasteiger partial charge in [-0.3, -0.25) is 0 Å². The highest BCUT2D eigenvalue weighted by atomic mass is 28.3. The van der Waals surface area contributed by atoms with Gasteiger partial charge in [-0.1, -0.05) is 25.6 Å². The van der Waals surface area contributed by atoms with Gasteiger partial charge in [-0.15, -0.1) is 5.54 Å². The van der Waals surface area contributed by atoms with Gasteiger partial charge in [0.25, 0.3) is 0 Å². The summed E-state index contributed by atoms with van der Waals surface area (Å²) in [6, 6.07) is 0. The van der Waals surface area contributed by atoms with Crippen LogP contribution in [-0.4, -0.2) is 18.0 Å². The number of H-pyrrole nitrogens is 2. The number of aromatic amines is 2. The lowest BCUT2D eigenvalue weighted by atomic mass is 10.2. The average Bonchev–Trinajstić information content (AvgIpc) is 2.61. The Morgan fingerprint density at radius 2 is 2.13 bits per heavy atom. The van der Waals surface area contributed by atoms with E-state index < -0.39 is 8.07 Å². The Morgan fingerprint density at radius 1 is 1.33 bits per heavy atom. The topological polar surface area (TPSA) is 42.8 Å². The van der Waals surface area contributed by atoms with Crippen LogP contribution in [-0.2, 0) is 0 Å². The summed E-state index contributed by atoms with van der Waals surface area (Å²) in [7, 11) is -1.32. The van der Waals surface area contributed by atoms with E-state index in [-0.39, 0.29) is 0 Å². The van der Waals surface area contributed by atoms with Crippen LogP contribution in [0, 0.1) is 11.5 Å². The summed E-state index contributed by atoms with van der Waals surface area (Å²) in [5.74, 6) is 3.21. The van der Waals surface area contributed by atoms with Gasteiger partial charge in [0.15, 0.2) is 12.4 Å². The quantitative estimate of drug-likeness (QED) is 0.527. The molecule has 4 heteroatoms. The third-order valence-electron chi connectivity index (χ3n) is 1.95. The van der Waals surface area contributed by atoms with Crippen molar-refractivity contribution in [1.82, 2.24) is 9.97 Å². The predicted octanol–water partition coefficient (Wildman–Crippen LogP) is 1.61. The third-order valence-corrected chi connectivity index (χ3v) is 2.83. The number of fused-ring (bicyclic) bond motifs is 1. The Morgan fingerprint density at radius 3 is 2.87 bits per heavy atom. The number of hydrogen-bond acceptors (Lipinski definition) is 1. The number of hydrogen-bond donors (Lipinski definition) is 1. The van der Waals surface area contributed by atoms with Crippen molar-refractivity contribution >= 4 is 19.1 Å². The second-order valence-electron chi connectivity index (χ2n) is 4.53. The number of imidazole rings is 1. The molecule has 2 rings (SSSR count). The second kappa shape index (κ2) is 3.52. The number of nitrogens with one attached hydrogen (secondary N) is 2. The van der Waals surface area contributed by atoms with Crippen LogP contribution in [0.25, 0.3) is 11.0 Å². The van der Waals surface area contributed by atoms with Gasteiger partial charge in [0.05, 0.1) is 6.33 Å². The van der Waals surface area contributed by atoms with E-state index >= 15 is 0 Å². The van der Waals surface area contributed by atoms with Crippen LogP contribution < -0.4 is 4.98 Å². The highest BCUT2D eigenvalue weighted by Crippen LogP contribution is 2.10. The summed E-state index contributed by atoms with van der Waals surface area (Å²) < 4.78 is 0. The highest BCUT2D eigenvalue weighted by molar-refractivity contribution is 6.83. The molecule has 3 nitrogen and oxygen atoms in total. The van der Waals surface area contributed by atoms with Crippen LogP contribution in [0.15, 0.2) is 18.7 Å². The van der Waals surface area contributed by atoms with E-state index in [2.05, 4.69) is 46.1 Å². The Labute approximate surface area is 90.0 Å². The van der Waals surface area contributed by atoms with Gasteiger partial charge >= 0.3 is 0 Å². The van der Waals surface area contributed by atoms with Crippen molar-refractivity contribution in [3.63, 3.8) is 0 Å². The molecule has 0 radical (unpaired) electrons. The SMILES string of the molecule is C[Si](C)(C)C#Cc1c[nH+]cc2[nH]cnc12. The van der Waals surface area contributed by atoms with Gasteiger partial charge < -0.3 is 4.98 Å². The van der Waals surface area contributed by atoms with Crippen LogP contribution in [0.1, 0.15) is 5.56 Å². The smallest absolute Gasteiger partial charge is 0.193 e. The molecule has 15 heavy (non-hydrogen) atoms. The minimum Gasteiger partial charge on any atom is -0.340 e. The van der Waals surface area contributed by atoms with E-state index in [1.165, 1.54) is 0 Å². The molecular formula is C11H14N3Si+. The molecule has 0 fully saturated rings. The van der Waals surface area contributed by atoms with Gasteiger partial charge in [0.2, 0.25) is 0 Å². The zero-order chi connectivity index (χ0) is 10.9. The minimum absolute atomic E-state index is 0.944. The fourth-order valence-corrected chi connectivity index (χ4v) is 1.77. The van der Waals surface area contributed by atoms with Crippen molar-refractivity contribution < 1.29 is 4.98 Å². The van der Waals surface area contributed by atoms with E-state index in [1.54, 1.807) is 6.33 Å². The molecule has 0 aliphatic heterocycles. The first-order valence-corrected chi connectivity index (χ1v) is 8.43. The largest absolute Gasteiger partial charge is 0.340 e. The molecule has 0 unspecified atom stereocenters. The number of pyridine rings is 1. The molecule has 0 saturated heterocycles. The van der Waals surface area contributed by atoms with Crippen LogP contribution in [0.5, 0.6) is 0 Å². The molecule has 2 aromatic rings. The lowest BCUT2D eigenvalue weighted by Gasteiger charge is -2.02. The summed E-state index contributed by atoms with van der Waals surface area (Å²) in [5.41, 5.74) is 6.25.